The fraction of sp³-hybridized carbons (Fsp3) is 0.953. The number of hydrogen-bond donors (Lipinski definition) is 8. The third kappa shape index (κ3) is 6.16. The minimum absolute atomic E-state index is 0.00635. The van der Waals surface area contributed by atoms with E-state index in [-0.39, 0.29) is 58.7 Å². The van der Waals surface area contributed by atoms with Gasteiger partial charge in [0.1, 0.15) is 48.8 Å². The fourth-order valence-corrected chi connectivity index (χ4v) is 14.7. The van der Waals surface area contributed by atoms with Gasteiger partial charge in [-0.05, 0) is 118 Å². The van der Waals surface area contributed by atoms with Gasteiger partial charge in [-0.15, -0.1) is 0 Å². The van der Waals surface area contributed by atoms with E-state index in [0.717, 1.165) is 56.9 Å². The van der Waals surface area contributed by atoms with Gasteiger partial charge in [0.25, 0.3) is 0 Å². The first-order valence-corrected chi connectivity index (χ1v) is 21.6. The van der Waals surface area contributed by atoms with Gasteiger partial charge in [-0.1, -0.05) is 32.4 Å². The molecule has 0 amide bonds. The third-order valence-corrected chi connectivity index (χ3v) is 18.0. The maximum Gasteiger partial charge on any atom is 0.186 e. The van der Waals surface area contributed by atoms with Crippen molar-refractivity contribution in [2.75, 3.05) is 20.3 Å². The molecule has 326 valence electrons. The highest BCUT2D eigenvalue weighted by molar-refractivity contribution is 5.31. The fourth-order valence-electron chi connectivity index (χ4n) is 14.7. The first-order valence-electron chi connectivity index (χ1n) is 21.6. The van der Waals surface area contributed by atoms with Crippen LogP contribution in [-0.4, -0.2) is 147 Å². The first kappa shape index (κ1) is 42.9. The number of aliphatic hydroxyl groups excluding tert-OH is 8. The summed E-state index contributed by atoms with van der Waals surface area (Å²) in [6.07, 6.45) is -4.77. The molecule has 3 aliphatic heterocycles. The van der Waals surface area contributed by atoms with Gasteiger partial charge >= 0.3 is 0 Å². The smallest absolute Gasteiger partial charge is 0.186 e. The summed E-state index contributed by atoms with van der Waals surface area (Å²) >= 11 is 0. The van der Waals surface area contributed by atoms with Crippen LogP contribution >= 0.6 is 0 Å². The minimum Gasteiger partial charge on any atom is -0.396 e. The molecule has 8 rings (SSSR count). The highest BCUT2D eigenvalue weighted by atomic mass is 16.7. The van der Waals surface area contributed by atoms with E-state index in [4.69, 9.17) is 28.4 Å². The second-order valence-electron chi connectivity index (χ2n) is 20.5. The van der Waals surface area contributed by atoms with Crippen molar-refractivity contribution < 1.29 is 69.3 Å². The standard InChI is InChI=1S/C43H70O14/c1-20(2)16-23-30(46)28(36(52-7)55-23)22-10-12-41(6)26-9-8-25-39(4,19-44)27(11-13-42(25)18-43(26,42)15-14-40(22,41)5)57-38-35(51)33(49)31(47)24(56-38)17-53-37-34(50)32(48)29(45)21(3)54-37/h16,21-38,44-51H,8-15,17-19H2,1-7H3/t21-,22+,23+,24+,25?,26-,27?,28-,29-,30+,31+,32+,33-,34+,35+,36-,37+,38-,39+,40+,41-,42+,43-/m0/s1. The molecular formula is C43H70O14. The van der Waals surface area contributed by atoms with E-state index in [2.05, 4.69) is 20.8 Å². The average molecular weight is 811 g/mol. The van der Waals surface area contributed by atoms with Gasteiger partial charge in [-0.25, -0.2) is 0 Å². The Morgan fingerprint density at radius 3 is 2.04 bits per heavy atom. The number of hydrogen-bond acceptors (Lipinski definition) is 14. The quantitative estimate of drug-likeness (QED) is 0.123. The molecule has 0 aromatic heterocycles. The molecule has 0 aromatic rings. The molecule has 0 bridgehead atoms. The highest BCUT2D eigenvalue weighted by Gasteiger charge is 2.83. The molecule has 3 heterocycles. The Balaban J connectivity index is 0.972. The molecule has 8 fully saturated rings. The Morgan fingerprint density at radius 1 is 0.684 bits per heavy atom. The molecule has 14 heteroatoms. The number of methoxy groups -OCH3 is 1. The summed E-state index contributed by atoms with van der Waals surface area (Å²) in [5, 5.41) is 86.6. The molecule has 14 nitrogen and oxygen atoms in total. The summed E-state index contributed by atoms with van der Waals surface area (Å²) in [6, 6.07) is 0. The van der Waals surface area contributed by atoms with Gasteiger partial charge in [0.2, 0.25) is 0 Å². The van der Waals surface area contributed by atoms with Crippen LogP contribution in [0.1, 0.15) is 99.3 Å². The molecule has 0 radical (unpaired) electrons. The van der Waals surface area contributed by atoms with Crippen LogP contribution in [-0.2, 0) is 28.4 Å². The van der Waals surface area contributed by atoms with Crippen molar-refractivity contribution in [2.45, 2.75) is 185 Å². The number of rotatable bonds is 9. The van der Waals surface area contributed by atoms with Crippen LogP contribution in [0.3, 0.4) is 0 Å². The lowest BCUT2D eigenvalue weighted by Crippen LogP contribution is -2.63. The maximum absolute atomic E-state index is 11.7. The predicted octanol–water partition coefficient (Wildman–Crippen LogP) is 1.75. The van der Waals surface area contributed by atoms with Crippen molar-refractivity contribution in [3.05, 3.63) is 11.6 Å². The van der Waals surface area contributed by atoms with Gasteiger partial charge in [0.05, 0.1) is 31.5 Å². The summed E-state index contributed by atoms with van der Waals surface area (Å²) in [7, 11) is 1.69. The van der Waals surface area contributed by atoms with E-state index in [9.17, 15) is 40.9 Å². The number of allylic oxidation sites excluding steroid dienone is 1. The molecular weight excluding hydrogens is 740 g/mol. The van der Waals surface area contributed by atoms with Crippen LogP contribution in [0.2, 0.25) is 0 Å². The number of aliphatic hydroxyl groups is 8. The molecule has 3 saturated heterocycles. The lowest BCUT2D eigenvalue weighted by Gasteiger charge is -2.64. The van der Waals surface area contributed by atoms with Crippen LogP contribution < -0.4 is 0 Å². The van der Waals surface area contributed by atoms with E-state index in [1.807, 2.05) is 19.9 Å². The molecule has 57 heavy (non-hydrogen) atoms. The zero-order valence-corrected chi connectivity index (χ0v) is 34.8. The molecule has 2 spiro atoms. The van der Waals surface area contributed by atoms with Crippen LogP contribution in [0.15, 0.2) is 11.6 Å². The molecule has 2 unspecified atom stereocenters. The normalized spacial score (nSPS) is 58.3. The van der Waals surface area contributed by atoms with Gasteiger partial charge in [0, 0.05) is 18.4 Å². The summed E-state index contributed by atoms with van der Waals surface area (Å²) in [4.78, 5) is 0. The second-order valence-corrected chi connectivity index (χ2v) is 20.5. The molecule has 0 aromatic carbocycles. The Labute approximate surface area is 336 Å². The Morgan fingerprint density at radius 2 is 1.35 bits per heavy atom. The summed E-state index contributed by atoms with van der Waals surface area (Å²) in [6.45, 7) is 12.2. The third-order valence-electron chi connectivity index (χ3n) is 18.0. The van der Waals surface area contributed by atoms with E-state index in [1.54, 1.807) is 7.11 Å². The molecule has 23 atom stereocenters. The Kier molecular flexibility index (Phi) is 11.2. The maximum atomic E-state index is 11.7. The molecule has 8 N–H and O–H groups in total. The van der Waals surface area contributed by atoms with Gasteiger partial charge < -0.3 is 69.3 Å². The van der Waals surface area contributed by atoms with Gasteiger partial charge in [-0.2, -0.15) is 0 Å². The van der Waals surface area contributed by atoms with Crippen LogP contribution in [0, 0.1) is 50.7 Å². The predicted molar refractivity (Wildman–Crippen MR) is 203 cm³/mol. The Hall–Kier alpha value is -0.820. The van der Waals surface area contributed by atoms with Gasteiger partial charge in [0.15, 0.2) is 18.9 Å². The topological polar surface area (TPSA) is 217 Å². The average Bonchev–Trinajstić information content (AvgIpc) is 3.64. The van der Waals surface area contributed by atoms with Crippen LogP contribution in [0.4, 0.5) is 0 Å². The van der Waals surface area contributed by atoms with E-state index in [1.165, 1.54) is 6.92 Å². The van der Waals surface area contributed by atoms with Crippen molar-refractivity contribution in [1.29, 1.82) is 0 Å². The zero-order chi connectivity index (χ0) is 41.2. The van der Waals surface area contributed by atoms with Crippen LogP contribution in [0.25, 0.3) is 0 Å². The van der Waals surface area contributed by atoms with Crippen molar-refractivity contribution in [3.8, 4) is 0 Å². The Bertz CT molecular complexity index is 1510. The largest absolute Gasteiger partial charge is 0.396 e. The molecule has 5 saturated carbocycles. The van der Waals surface area contributed by atoms with Crippen molar-refractivity contribution in [2.24, 2.45) is 50.7 Å². The highest BCUT2D eigenvalue weighted by Crippen LogP contribution is 2.89. The lowest BCUT2D eigenvalue weighted by molar-refractivity contribution is -0.343. The number of ether oxygens (including phenoxy) is 6. The minimum atomic E-state index is -1.62. The van der Waals surface area contributed by atoms with Crippen molar-refractivity contribution in [1.82, 2.24) is 0 Å². The second kappa shape index (κ2) is 14.9. The van der Waals surface area contributed by atoms with Crippen molar-refractivity contribution in [3.63, 3.8) is 0 Å². The molecule has 5 aliphatic carbocycles. The summed E-state index contributed by atoms with van der Waals surface area (Å²) in [5.74, 6) is 0.849. The van der Waals surface area contributed by atoms with Gasteiger partial charge in [-0.3, -0.25) is 0 Å². The SMILES string of the molecule is CO[C@H]1O[C@H](C=C(C)C)[C@@H](O)[C@@H]1[C@H]1CC[C@@]2(C)[C@@H]3CCC4[C@@](C)(CO)C(O[C@@H]5O[C@H](CO[C@@H]6O[C@@H](C)[C@H](O)[C@@H](O)[C@H]6O)[C@@H](O)[C@H](O)[C@H]5O)CC[C@@]45C[C@@]35CC[C@]12C. The molecule has 8 aliphatic rings. The van der Waals surface area contributed by atoms with E-state index >= 15 is 0 Å². The zero-order valence-electron chi connectivity index (χ0n) is 34.8. The van der Waals surface area contributed by atoms with Crippen molar-refractivity contribution >= 4 is 0 Å². The summed E-state index contributed by atoms with van der Waals surface area (Å²) < 4.78 is 36.1. The lowest BCUT2D eigenvalue weighted by atomic mass is 9.41. The monoisotopic (exact) mass is 810 g/mol. The summed E-state index contributed by atoms with van der Waals surface area (Å²) in [5.41, 5.74) is 0.750. The van der Waals surface area contributed by atoms with E-state index < -0.39 is 85.3 Å². The number of fused-ring (bicyclic) bond motifs is 2. The first-order chi connectivity index (χ1) is 26.8. The van der Waals surface area contributed by atoms with E-state index in [0.29, 0.717) is 12.3 Å². The van der Waals surface area contributed by atoms with Crippen LogP contribution in [0.5, 0.6) is 0 Å².